The van der Waals surface area contributed by atoms with E-state index >= 15 is 0 Å². The molecule has 2 aromatic carbocycles. The van der Waals surface area contributed by atoms with E-state index in [9.17, 15) is 13.2 Å². The molecular weight excluding hydrogens is 427 g/mol. The maximum atomic E-state index is 12.7. The third kappa shape index (κ3) is 6.40. The van der Waals surface area contributed by atoms with Crippen LogP contribution >= 0.6 is 35.0 Å². The molecule has 1 atom stereocenters. The van der Waals surface area contributed by atoms with Crippen molar-refractivity contribution in [3.8, 4) is 0 Å². The molecule has 1 unspecified atom stereocenters. The van der Waals surface area contributed by atoms with Gasteiger partial charge in [-0.2, -0.15) is 16.5 Å². The molecule has 0 saturated heterocycles. The van der Waals surface area contributed by atoms with Crippen molar-refractivity contribution in [3.05, 3.63) is 58.1 Å². The van der Waals surface area contributed by atoms with Crippen LogP contribution in [-0.2, 0) is 14.8 Å². The number of rotatable bonds is 8. The van der Waals surface area contributed by atoms with Gasteiger partial charge in [0, 0.05) is 10.7 Å². The molecule has 0 heterocycles. The van der Waals surface area contributed by atoms with E-state index in [1.54, 1.807) is 6.07 Å². The number of nitrogens with one attached hydrogen (secondary N) is 2. The number of sulfonamides is 1. The van der Waals surface area contributed by atoms with Gasteiger partial charge in [0.05, 0.1) is 5.02 Å². The molecule has 1 amide bonds. The number of hydrogen-bond donors (Lipinski definition) is 2. The number of carbonyl (C=O) groups excluding carboxylic acids is 1. The Morgan fingerprint density at radius 2 is 1.93 bits per heavy atom. The number of aryl methyl sites for hydroxylation is 1. The number of hydrogen-bond acceptors (Lipinski definition) is 4. The Morgan fingerprint density at radius 1 is 1.19 bits per heavy atom. The molecule has 0 spiro atoms. The van der Waals surface area contributed by atoms with E-state index in [0.29, 0.717) is 17.9 Å². The van der Waals surface area contributed by atoms with Gasteiger partial charge in [-0.05, 0) is 61.2 Å². The molecule has 0 aliphatic carbocycles. The minimum atomic E-state index is -4.03. The van der Waals surface area contributed by atoms with Crippen LogP contribution in [0.2, 0.25) is 10.0 Å². The highest BCUT2D eigenvalue weighted by molar-refractivity contribution is 7.98. The summed E-state index contributed by atoms with van der Waals surface area (Å²) in [5.41, 5.74) is 1.59. The first kappa shape index (κ1) is 22.0. The lowest BCUT2D eigenvalue weighted by atomic mass is 10.2. The topological polar surface area (TPSA) is 75.3 Å². The maximum absolute atomic E-state index is 12.7. The smallest absolute Gasteiger partial charge is 0.242 e. The fourth-order valence-corrected chi connectivity index (χ4v) is 4.83. The number of benzene rings is 2. The van der Waals surface area contributed by atoms with Gasteiger partial charge in [-0.25, -0.2) is 8.42 Å². The van der Waals surface area contributed by atoms with E-state index in [0.717, 1.165) is 5.56 Å². The molecule has 0 saturated carbocycles. The van der Waals surface area contributed by atoms with E-state index in [1.807, 2.05) is 31.4 Å². The normalized spacial score (nSPS) is 12.6. The number of thioether (sulfide) groups is 1. The summed E-state index contributed by atoms with van der Waals surface area (Å²) in [6.45, 7) is 1.91. The van der Waals surface area contributed by atoms with Gasteiger partial charge in [-0.3, -0.25) is 4.79 Å². The third-order valence-electron chi connectivity index (χ3n) is 3.69. The number of anilines is 1. The zero-order valence-corrected chi connectivity index (χ0v) is 18.0. The van der Waals surface area contributed by atoms with E-state index < -0.39 is 22.0 Å². The summed E-state index contributed by atoms with van der Waals surface area (Å²) < 4.78 is 27.9. The monoisotopic (exact) mass is 446 g/mol. The average Bonchev–Trinajstić information content (AvgIpc) is 2.60. The molecule has 0 aromatic heterocycles. The van der Waals surface area contributed by atoms with Crippen molar-refractivity contribution >= 4 is 56.6 Å². The van der Waals surface area contributed by atoms with Crippen LogP contribution in [0.3, 0.4) is 0 Å². The van der Waals surface area contributed by atoms with Gasteiger partial charge < -0.3 is 5.32 Å². The lowest BCUT2D eigenvalue weighted by Gasteiger charge is -2.19. The Bertz CT molecular complexity index is 921. The third-order valence-corrected chi connectivity index (χ3v) is 6.53. The van der Waals surface area contributed by atoms with Crippen LogP contribution < -0.4 is 10.0 Å². The standard InChI is InChI=1S/C18H20Cl2N2O3S2/c1-12-4-3-5-14(10-12)21-18(23)16(8-9-26-2)22-27(24,25)17-11-13(19)6-7-15(17)20/h3-7,10-11,16,22H,8-9H2,1-2H3,(H,21,23). The van der Waals surface area contributed by atoms with Crippen LogP contribution in [0.25, 0.3) is 0 Å². The molecule has 27 heavy (non-hydrogen) atoms. The highest BCUT2D eigenvalue weighted by Gasteiger charge is 2.27. The predicted molar refractivity (Wildman–Crippen MR) is 113 cm³/mol. The van der Waals surface area contributed by atoms with Crippen molar-refractivity contribution in [1.29, 1.82) is 0 Å². The largest absolute Gasteiger partial charge is 0.325 e. The van der Waals surface area contributed by atoms with E-state index in [4.69, 9.17) is 23.2 Å². The van der Waals surface area contributed by atoms with E-state index in [2.05, 4.69) is 10.0 Å². The predicted octanol–water partition coefficient (Wildman–Crippen LogP) is 4.34. The van der Waals surface area contributed by atoms with Crippen LogP contribution in [0.1, 0.15) is 12.0 Å². The molecule has 2 rings (SSSR count). The number of amides is 1. The Hall–Kier alpha value is -1.25. The molecule has 9 heteroatoms. The second-order valence-corrected chi connectivity index (χ2v) is 9.40. The molecule has 0 aliphatic rings. The van der Waals surface area contributed by atoms with Crippen LogP contribution in [0.4, 0.5) is 5.69 Å². The van der Waals surface area contributed by atoms with Crippen molar-refractivity contribution in [3.63, 3.8) is 0 Å². The molecule has 2 aromatic rings. The van der Waals surface area contributed by atoms with E-state index in [-0.39, 0.29) is 14.9 Å². The molecule has 2 N–H and O–H groups in total. The quantitative estimate of drug-likeness (QED) is 0.631. The van der Waals surface area contributed by atoms with Gasteiger partial charge >= 0.3 is 0 Å². The fourth-order valence-electron chi connectivity index (χ4n) is 2.37. The first-order valence-electron chi connectivity index (χ1n) is 8.07. The van der Waals surface area contributed by atoms with Crippen LogP contribution in [0.5, 0.6) is 0 Å². The Morgan fingerprint density at radius 3 is 2.59 bits per heavy atom. The zero-order chi connectivity index (χ0) is 20.0. The Balaban J connectivity index is 2.24. The maximum Gasteiger partial charge on any atom is 0.242 e. The molecule has 5 nitrogen and oxygen atoms in total. The minimum absolute atomic E-state index is 0.0367. The lowest BCUT2D eigenvalue weighted by Crippen LogP contribution is -2.44. The van der Waals surface area contributed by atoms with Gasteiger partial charge in [-0.1, -0.05) is 35.3 Å². The van der Waals surface area contributed by atoms with Crippen molar-refractivity contribution in [2.24, 2.45) is 0 Å². The average molecular weight is 447 g/mol. The summed E-state index contributed by atoms with van der Waals surface area (Å²) in [6.07, 6.45) is 2.22. The number of halogens is 2. The Labute approximate surface area is 173 Å². The van der Waals surface area contributed by atoms with Crippen LogP contribution in [0, 0.1) is 6.92 Å². The van der Waals surface area contributed by atoms with Gasteiger partial charge in [0.2, 0.25) is 15.9 Å². The lowest BCUT2D eigenvalue weighted by molar-refractivity contribution is -0.117. The second-order valence-electron chi connectivity index (χ2n) is 5.89. The molecule has 0 bridgehead atoms. The molecule has 146 valence electrons. The van der Waals surface area contributed by atoms with Crippen LogP contribution in [-0.4, -0.2) is 32.4 Å². The van der Waals surface area contributed by atoms with Crippen molar-refractivity contribution in [1.82, 2.24) is 4.72 Å². The highest BCUT2D eigenvalue weighted by atomic mass is 35.5. The first-order chi connectivity index (χ1) is 12.7. The molecule has 0 fully saturated rings. The molecule has 0 radical (unpaired) electrons. The van der Waals surface area contributed by atoms with Crippen molar-refractivity contribution in [2.45, 2.75) is 24.3 Å². The highest BCUT2D eigenvalue weighted by Crippen LogP contribution is 2.25. The van der Waals surface area contributed by atoms with Crippen LogP contribution in [0.15, 0.2) is 47.4 Å². The zero-order valence-electron chi connectivity index (χ0n) is 14.8. The molecule has 0 aliphatic heterocycles. The van der Waals surface area contributed by atoms with E-state index in [1.165, 1.54) is 30.0 Å². The van der Waals surface area contributed by atoms with Gasteiger partial charge in [0.1, 0.15) is 10.9 Å². The number of carbonyl (C=O) groups is 1. The summed E-state index contributed by atoms with van der Waals surface area (Å²) in [7, 11) is -4.03. The first-order valence-corrected chi connectivity index (χ1v) is 11.7. The molecular formula is C18H20Cl2N2O3S2. The van der Waals surface area contributed by atoms with Gasteiger partial charge in [0.15, 0.2) is 0 Å². The fraction of sp³-hybridized carbons (Fsp3) is 0.278. The van der Waals surface area contributed by atoms with Crippen molar-refractivity contribution < 1.29 is 13.2 Å². The minimum Gasteiger partial charge on any atom is -0.325 e. The second kappa shape index (κ2) is 9.80. The SMILES string of the molecule is CSCCC(NS(=O)(=O)c1cc(Cl)ccc1Cl)C(=O)Nc1cccc(C)c1. The Kier molecular flexibility index (Phi) is 8.00. The summed E-state index contributed by atoms with van der Waals surface area (Å²) >= 11 is 13.4. The summed E-state index contributed by atoms with van der Waals surface area (Å²) in [5.74, 6) is 0.175. The summed E-state index contributed by atoms with van der Waals surface area (Å²) in [4.78, 5) is 12.5. The summed E-state index contributed by atoms with van der Waals surface area (Å²) in [6, 6.07) is 10.5. The summed E-state index contributed by atoms with van der Waals surface area (Å²) in [5, 5.41) is 3.03. The van der Waals surface area contributed by atoms with Gasteiger partial charge in [-0.15, -0.1) is 0 Å². The van der Waals surface area contributed by atoms with Crippen molar-refractivity contribution in [2.75, 3.05) is 17.3 Å². The van der Waals surface area contributed by atoms with Gasteiger partial charge in [0.25, 0.3) is 0 Å².